The molecule has 0 aliphatic carbocycles. The highest BCUT2D eigenvalue weighted by molar-refractivity contribution is 7.99. The van der Waals surface area contributed by atoms with Crippen LogP contribution in [0, 0.1) is 0 Å². The summed E-state index contributed by atoms with van der Waals surface area (Å²) in [5.74, 6) is 0.824. The normalized spacial score (nSPS) is 12.2. The third kappa shape index (κ3) is 3.48. The summed E-state index contributed by atoms with van der Waals surface area (Å²) in [5.41, 5.74) is 5.93. The summed E-state index contributed by atoms with van der Waals surface area (Å²) in [6.07, 6.45) is 1.67. The molecule has 0 saturated heterocycles. The van der Waals surface area contributed by atoms with Gasteiger partial charge in [-0.15, -0.1) is 6.58 Å². The van der Waals surface area contributed by atoms with Gasteiger partial charge in [-0.3, -0.25) is 9.59 Å². The second-order valence-corrected chi connectivity index (χ2v) is 6.74. The molecule has 2 heterocycles. The fraction of sp³-hybridized carbons (Fsp3) is 0.176. The highest BCUT2D eigenvalue weighted by Crippen LogP contribution is 2.32. The fourth-order valence-electron chi connectivity index (χ4n) is 2.42. The SMILES string of the molecule is C=CCn1c(N)cc(=O)nc1SC(C)c1nc2ccccc2c(=O)[nH]1. The van der Waals surface area contributed by atoms with E-state index in [0.29, 0.717) is 34.2 Å². The number of allylic oxidation sites excluding steroid dienone is 1. The number of fused-ring (bicyclic) bond motifs is 1. The van der Waals surface area contributed by atoms with Crippen molar-refractivity contribution in [2.24, 2.45) is 0 Å². The first-order valence-electron chi connectivity index (χ1n) is 7.63. The summed E-state index contributed by atoms with van der Waals surface area (Å²) in [4.78, 5) is 35.3. The molecule has 1 unspecified atom stereocenters. The third-order valence-corrected chi connectivity index (χ3v) is 4.73. The van der Waals surface area contributed by atoms with E-state index in [1.807, 2.05) is 13.0 Å². The lowest BCUT2D eigenvalue weighted by Crippen LogP contribution is -2.18. The van der Waals surface area contributed by atoms with Crippen LogP contribution >= 0.6 is 11.8 Å². The smallest absolute Gasteiger partial charge is 0.275 e. The minimum Gasteiger partial charge on any atom is -0.385 e. The molecule has 1 aromatic carbocycles. The Kier molecular flexibility index (Phi) is 4.71. The number of thioether (sulfide) groups is 1. The van der Waals surface area contributed by atoms with Gasteiger partial charge in [-0.25, -0.2) is 4.98 Å². The van der Waals surface area contributed by atoms with Crippen LogP contribution in [0.25, 0.3) is 10.9 Å². The molecule has 0 radical (unpaired) electrons. The van der Waals surface area contributed by atoms with E-state index in [9.17, 15) is 9.59 Å². The van der Waals surface area contributed by atoms with E-state index in [1.54, 1.807) is 28.8 Å². The van der Waals surface area contributed by atoms with Gasteiger partial charge < -0.3 is 15.3 Å². The summed E-state index contributed by atoms with van der Waals surface area (Å²) in [6.45, 7) is 6.00. The maximum absolute atomic E-state index is 12.2. The molecule has 0 spiro atoms. The average molecular weight is 355 g/mol. The molecule has 8 heteroatoms. The van der Waals surface area contributed by atoms with Gasteiger partial charge in [0.15, 0.2) is 5.16 Å². The molecule has 0 bridgehead atoms. The maximum Gasteiger partial charge on any atom is 0.275 e. The van der Waals surface area contributed by atoms with Crippen LogP contribution in [0.4, 0.5) is 5.82 Å². The van der Waals surface area contributed by atoms with E-state index in [0.717, 1.165) is 0 Å². The van der Waals surface area contributed by atoms with Crippen LogP contribution in [0.15, 0.2) is 57.7 Å². The predicted octanol–water partition coefficient (Wildman–Crippen LogP) is 2.10. The van der Waals surface area contributed by atoms with E-state index in [4.69, 9.17) is 5.73 Å². The van der Waals surface area contributed by atoms with Crippen LogP contribution in [-0.2, 0) is 6.54 Å². The number of benzene rings is 1. The monoisotopic (exact) mass is 355 g/mol. The van der Waals surface area contributed by atoms with Crippen molar-refractivity contribution in [1.29, 1.82) is 0 Å². The molecule has 3 rings (SSSR count). The Labute approximate surface area is 147 Å². The average Bonchev–Trinajstić information content (AvgIpc) is 2.58. The number of anilines is 1. The number of nitrogens with zero attached hydrogens (tertiary/aromatic N) is 3. The molecule has 2 aromatic heterocycles. The first-order chi connectivity index (χ1) is 12.0. The molecule has 0 aliphatic heterocycles. The molecule has 1 atom stereocenters. The number of rotatable bonds is 5. The summed E-state index contributed by atoms with van der Waals surface area (Å²) in [6, 6.07) is 8.41. The highest BCUT2D eigenvalue weighted by Gasteiger charge is 2.16. The number of hydrogen-bond acceptors (Lipinski definition) is 6. The number of nitrogens with two attached hydrogens (primary N) is 1. The van der Waals surface area contributed by atoms with Crippen molar-refractivity contribution in [3.63, 3.8) is 0 Å². The van der Waals surface area contributed by atoms with Crippen molar-refractivity contribution >= 4 is 28.5 Å². The zero-order valence-corrected chi connectivity index (χ0v) is 14.4. The summed E-state index contributed by atoms with van der Waals surface area (Å²) in [7, 11) is 0. The zero-order chi connectivity index (χ0) is 18.0. The second-order valence-electron chi connectivity index (χ2n) is 5.43. The van der Waals surface area contributed by atoms with Crippen molar-refractivity contribution in [2.75, 3.05) is 5.73 Å². The molecular weight excluding hydrogens is 338 g/mol. The summed E-state index contributed by atoms with van der Waals surface area (Å²) < 4.78 is 1.69. The van der Waals surface area contributed by atoms with Gasteiger partial charge in [0, 0.05) is 12.6 Å². The van der Waals surface area contributed by atoms with Gasteiger partial charge in [0.1, 0.15) is 11.6 Å². The molecule has 7 nitrogen and oxygen atoms in total. The third-order valence-electron chi connectivity index (χ3n) is 3.63. The molecule has 3 N–H and O–H groups in total. The topological polar surface area (TPSA) is 107 Å². The van der Waals surface area contributed by atoms with Crippen LogP contribution in [0.2, 0.25) is 0 Å². The quantitative estimate of drug-likeness (QED) is 0.412. The first kappa shape index (κ1) is 17.0. The number of H-pyrrole nitrogens is 1. The Hall–Kier alpha value is -2.87. The number of aromatic amines is 1. The lowest BCUT2D eigenvalue weighted by Gasteiger charge is -2.16. The van der Waals surface area contributed by atoms with E-state index in [2.05, 4.69) is 21.5 Å². The second kappa shape index (κ2) is 6.94. The van der Waals surface area contributed by atoms with Gasteiger partial charge in [0.25, 0.3) is 11.1 Å². The van der Waals surface area contributed by atoms with E-state index in [1.165, 1.54) is 17.8 Å². The number of nitrogens with one attached hydrogen (secondary N) is 1. The van der Waals surface area contributed by atoms with Crippen molar-refractivity contribution in [2.45, 2.75) is 23.9 Å². The molecule has 0 amide bonds. The van der Waals surface area contributed by atoms with Crippen molar-refractivity contribution < 1.29 is 0 Å². The van der Waals surface area contributed by atoms with Crippen LogP contribution in [0.3, 0.4) is 0 Å². The van der Waals surface area contributed by atoms with E-state index in [-0.39, 0.29) is 10.8 Å². The van der Waals surface area contributed by atoms with Crippen LogP contribution in [0.1, 0.15) is 18.0 Å². The molecule has 0 saturated carbocycles. The molecule has 3 aromatic rings. The van der Waals surface area contributed by atoms with Crippen LogP contribution in [0.5, 0.6) is 0 Å². The lowest BCUT2D eigenvalue weighted by atomic mass is 10.2. The van der Waals surface area contributed by atoms with Crippen molar-refractivity contribution in [1.82, 2.24) is 19.5 Å². The molecular formula is C17H17N5O2S. The van der Waals surface area contributed by atoms with Gasteiger partial charge in [0.2, 0.25) is 0 Å². The van der Waals surface area contributed by atoms with Gasteiger partial charge in [-0.1, -0.05) is 30.0 Å². The lowest BCUT2D eigenvalue weighted by molar-refractivity contribution is 0.685. The van der Waals surface area contributed by atoms with Crippen LogP contribution in [-0.4, -0.2) is 19.5 Å². The van der Waals surface area contributed by atoms with Crippen molar-refractivity contribution in [3.05, 3.63) is 69.5 Å². The van der Waals surface area contributed by atoms with Gasteiger partial charge in [-0.2, -0.15) is 4.98 Å². The Morgan fingerprint density at radius 1 is 1.36 bits per heavy atom. The fourth-order valence-corrected chi connectivity index (χ4v) is 3.40. The molecule has 25 heavy (non-hydrogen) atoms. The maximum atomic E-state index is 12.2. The highest BCUT2D eigenvalue weighted by atomic mass is 32.2. The largest absolute Gasteiger partial charge is 0.385 e. The summed E-state index contributed by atoms with van der Waals surface area (Å²) >= 11 is 1.30. The Morgan fingerprint density at radius 3 is 2.88 bits per heavy atom. The molecule has 0 fully saturated rings. The Morgan fingerprint density at radius 2 is 2.12 bits per heavy atom. The Balaban J connectivity index is 2.00. The van der Waals surface area contributed by atoms with E-state index >= 15 is 0 Å². The zero-order valence-electron chi connectivity index (χ0n) is 13.6. The molecule has 0 aliphatic rings. The van der Waals surface area contributed by atoms with Crippen LogP contribution < -0.4 is 16.9 Å². The standard InChI is InChI=1S/C17H17N5O2S/c1-3-8-22-13(18)9-14(23)20-17(22)25-10(2)15-19-12-7-5-4-6-11(12)16(24)21-15/h3-7,9-10H,1,8,18H2,2H3,(H,19,21,24). The number of hydrogen-bond donors (Lipinski definition) is 2. The number of nitrogen functional groups attached to an aromatic ring is 1. The van der Waals surface area contributed by atoms with E-state index < -0.39 is 5.56 Å². The number of aromatic nitrogens is 4. The minimum atomic E-state index is -0.410. The van der Waals surface area contributed by atoms with Gasteiger partial charge in [-0.05, 0) is 19.1 Å². The van der Waals surface area contributed by atoms with Gasteiger partial charge >= 0.3 is 0 Å². The minimum absolute atomic E-state index is 0.197. The van der Waals surface area contributed by atoms with Crippen molar-refractivity contribution in [3.8, 4) is 0 Å². The van der Waals surface area contributed by atoms with Gasteiger partial charge in [0.05, 0.1) is 16.2 Å². The number of para-hydroxylation sites is 1. The first-order valence-corrected chi connectivity index (χ1v) is 8.51. The summed E-state index contributed by atoms with van der Waals surface area (Å²) in [5, 5.41) is 0.754. The Bertz CT molecular complexity index is 1060. The molecule has 128 valence electrons. The predicted molar refractivity (Wildman–Crippen MR) is 99.7 cm³/mol.